The molecule has 0 heterocycles. The Labute approximate surface area is 116 Å². The molecule has 0 saturated carbocycles. The van der Waals surface area contributed by atoms with Gasteiger partial charge >= 0.3 is 0 Å². The largest absolute Gasteiger partial charge is 0.404 e. The highest BCUT2D eigenvalue weighted by Crippen LogP contribution is 2.20. The van der Waals surface area contributed by atoms with Crippen molar-refractivity contribution in [2.45, 2.75) is 0 Å². The molecule has 0 aromatic heterocycles. The predicted octanol–water partition coefficient (Wildman–Crippen LogP) is 1.96. The first-order valence-electron chi connectivity index (χ1n) is 5.44. The van der Waals surface area contributed by atoms with Crippen molar-refractivity contribution in [1.29, 1.82) is 0 Å². The third-order valence-corrected chi connectivity index (χ3v) is 2.96. The molecule has 19 heavy (non-hydrogen) atoms. The average Bonchev–Trinajstić information content (AvgIpc) is 2.40. The Balaban J connectivity index is 2.96. The molecular formula is C13H16N4OS. The number of nitrogens with two attached hydrogens (primary N) is 2. The van der Waals surface area contributed by atoms with Crippen LogP contribution in [0.1, 0.15) is 0 Å². The summed E-state index contributed by atoms with van der Waals surface area (Å²) in [7, 11) is 0. The third-order valence-electron chi connectivity index (χ3n) is 2.17. The van der Waals surface area contributed by atoms with E-state index in [1.165, 1.54) is 24.0 Å². The number of rotatable bonds is 5. The Bertz CT molecular complexity index is 537. The maximum absolute atomic E-state index is 11.2. The summed E-state index contributed by atoms with van der Waals surface area (Å²) < 4.78 is 0. The second-order valence-electron chi connectivity index (χ2n) is 3.48. The van der Waals surface area contributed by atoms with Gasteiger partial charge in [-0.1, -0.05) is 12.6 Å². The number of thioether (sulfide) groups is 1. The van der Waals surface area contributed by atoms with Crippen LogP contribution in [0.2, 0.25) is 0 Å². The lowest BCUT2D eigenvalue weighted by Gasteiger charge is -2.05. The zero-order valence-corrected chi connectivity index (χ0v) is 11.4. The van der Waals surface area contributed by atoms with Crippen molar-refractivity contribution in [1.82, 2.24) is 0 Å². The number of amidine groups is 1. The van der Waals surface area contributed by atoms with Gasteiger partial charge in [0.2, 0.25) is 5.91 Å². The molecule has 5 nitrogen and oxygen atoms in total. The lowest BCUT2D eigenvalue weighted by atomic mass is 10.3. The normalized spacial score (nSPS) is 12.1. The van der Waals surface area contributed by atoms with E-state index in [0.29, 0.717) is 22.1 Å². The molecule has 0 aliphatic heterocycles. The van der Waals surface area contributed by atoms with Crippen molar-refractivity contribution in [2.75, 3.05) is 11.6 Å². The van der Waals surface area contributed by atoms with Crippen molar-refractivity contribution in [3.8, 4) is 0 Å². The first-order chi connectivity index (χ1) is 9.10. The number of carbonyl (C=O) groups excluding carboxylic acids is 1. The summed E-state index contributed by atoms with van der Waals surface area (Å²) in [6.07, 6.45) is 4.47. The van der Waals surface area contributed by atoms with Crippen LogP contribution in [0.3, 0.4) is 0 Å². The molecule has 1 rings (SSSR count). The molecule has 0 bridgehead atoms. The quantitative estimate of drug-likeness (QED) is 0.435. The highest BCUT2D eigenvalue weighted by atomic mass is 32.2. The molecule has 0 atom stereocenters. The second-order valence-corrected chi connectivity index (χ2v) is 4.32. The molecule has 0 fully saturated rings. The van der Waals surface area contributed by atoms with E-state index in [1.54, 1.807) is 24.3 Å². The molecule has 1 aromatic rings. The molecule has 1 aromatic carbocycles. The maximum atomic E-state index is 11.2. The molecule has 0 spiro atoms. The minimum atomic E-state index is -0.277. The SMILES string of the molecule is C=CC(=O)Nc1cccc(N=C(N)/C(=C\N)SC)c1. The molecule has 0 unspecified atom stereocenters. The maximum Gasteiger partial charge on any atom is 0.247 e. The second kappa shape index (κ2) is 7.27. The van der Waals surface area contributed by atoms with Gasteiger partial charge in [-0.05, 0) is 30.5 Å². The van der Waals surface area contributed by atoms with Crippen molar-refractivity contribution < 1.29 is 4.79 Å². The highest BCUT2D eigenvalue weighted by molar-refractivity contribution is 8.03. The van der Waals surface area contributed by atoms with Crippen LogP contribution in [0.15, 0.2) is 53.0 Å². The van der Waals surface area contributed by atoms with Gasteiger partial charge in [0, 0.05) is 11.9 Å². The van der Waals surface area contributed by atoms with Gasteiger partial charge < -0.3 is 16.8 Å². The average molecular weight is 276 g/mol. The van der Waals surface area contributed by atoms with E-state index in [1.807, 2.05) is 6.26 Å². The number of benzene rings is 1. The number of nitrogens with one attached hydrogen (secondary N) is 1. The summed E-state index contributed by atoms with van der Waals surface area (Å²) >= 11 is 1.41. The van der Waals surface area contributed by atoms with Crippen LogP contribution in [0.5, 0.6) is 0 Å². The van der Waals surface area contributed by atoms with Crippen LogP contribution in [-0.2, 0) is 4.79 Å². The molecule has 0 aliphatic rings. The fraction of sp³-hybridized carbons (Fsp3) is 0.0769. The highest BCUT2D eigenvalue weighted by Gasteiger charge is 2.02. The Kier molecular flexibility index (Phi) is 5.69. The Morgan fingerprint density at radius 3 is 2.84 bits per heavy atom. The first-order valence-corrected chi connectivity index (χ1v) is 6.67. The molecule has 6 heteroatoms. The molecule has 100 valence electrons. The third kappa shape index (κ3) is 4.51. The molecule has 0 aliphatic carbocycles. The van der Waals surface area contributed by atoms with Crippen molar-refractivity contribution in [3.05, 3.63) is 48.0 Å². The van der Waals surface area contributed by atoms with Crippen molar-refractivity contribution in [2.24, 2.45) is 16.5 Å². The van der Waals surface area contributed by atoms with Gasteiger partial charge in [-0.2, -0.15) is 0 Å². The summed E-state index contributed by atoms with van der Waals surface area (Å²) in [5.41, 5.74) is 12.5. The molecule has 0 saturated heterocycles. The topological polar surface area (TPSA) is 93.5 Å². The van der Waals surface area contributed by atoms with Gasteiger partial charge in [0.15, 0.2) is 0 Å². The zero-order valence-electron chi connectivity index (χ0n) is 10.6. The summed E-state index contributed by atoms with van der Waals surface area (Å²) in [6, 6.07) is 7.02. The smallest absolute Gasteiger partial charge is 0.247 e. The van der Waals surface area contributed by atoms with Crippen molar-refractivity contribution in [3.63, 3.8) is 0 Å². The van der Waals surface area contributed by atoms with Crippen LogP contribution in [-0.4, -0.2) is 18.0 Å². The summed E-state index contributed by atoms with van der Waals surface area (Å²) in [5, 5.41) is 2.65. The number of hydrogen-bond acceptors (Lipinski definition) is 4. The van der Waals surface area contributed by atoms with Gasteiger partial charge in [-0.3, -0.25) is 4.79 Å². The van der Waals surface area contributed by atoms with E-state index < -0.39 is 0 Å². The van der Waals surface area contributed by atoms with Crippen LogP contribution < -0.4 is 16.8 Å². The van der Waals surface area contributed by atoms with Gasteiger partial charge in [-0.15, -0.1) is 11.8 Å². The minimum absolute atomic E-state index is 0.277. The van der Waals surface area contributed by atoms with Crippen LogP contribution in [0, 0.1) is 0 Å². The summed E-state index contributed by atoms with van der Waals surface area (Å²) in [5.74, 6) is 0.0583. The monoisotopic (exact) mass is 276 g/mol. The Morgan fingerprint density at radius 2 is 2.26 bits per heavy atom. The number of aliphatic imine (C=N–C) groups is 1. The number of anilines is 1. The summed E-state index contributed by atoms with van der Waals surface area (Å²) in [6.45, 7) is 3.39. The van der Waals surface area contributed by atoms with Gasteiger partial charge in [0.1, 0.15) is 5.84 Å². The van der Waals surface area contributed by atoms with Crippen LogP contribution in [0.25, 0.3) is 0 Å². The van der Waals surface area contributed by atoms with E-state index in [9.17, 15) is 4.79 Å². The molecule has 0 radical (unpaired) electrons. The number of hydrogen-bond donors (Lipinski definition) is 3. The fourth-order valence-corrected chi connectivity index (χ4v) is 1.69. The fourth-order valence-electron chi connectivity index (χ4n) is 1.30. The lowest BCUT2D eigenvalue weighted by molar-refractivity contribution is -0.111. The van der Waals surface area contributed by atoms with Gasteiger partial charge in [0.05, 0.1) is 10.6 Å². The van der Waals surface area contributed by atoms with E-state index in [4.69, 9.17) is 11.5 Å². The first kappa shape index (κ1) is 14.8. The van der Waals surface area contributed by atoms with Crippen LogP contribution >= 0.6 is 11.8 Å². The Hall–Kier alpha value is -2.21. The van der Waals surface area contributed by atoms with Gasteiger partial charge in [-0.25, -0.2) is 4.99 Å². The summed E-state index contributed by atoms with van der Waals surface area (Å²) in [4.78, 5) is 16.1. The lowest BCUT2D eigenvalue weighted by Crippen LogP contribution is -2.13. The minimum Gasteiger partial charge on any atom is -0.404 e. The predicted molar refractivity (Wildman–Crippen MR) is 82.3 cm³/mol. The van der Waals surface area contributed by atoms with E-state index in [2.05, 4.69) is 16.9 Å². The van der Waals surface area contributed by atoms with Crippen LogP contribution in [0.4, 0.5) is 11.4 Å². The van der Waals surface area contributed by atoms with E-state index in [0.717, 1.165) is 0 Å². The zero-order chi connectivity index (χ0) is 14.3. The number of carbonyl (C=O) groups is 1. The molecule has 1 amide bonds. The number of amides is 1. The van der Waals surface area contributed by atoms with Gasteiger partial charge in [0.25, 0.3) is 0 Å². The number of nitrogens with zero attached hydrogens (tertiary/aromatic N) is 1. The molecule has 5 N–H and O–H groups in total. The Morgan fingerprint density at radius 1 is 1.53 bits per heavy atom. The standard InChI is InChI=1S/C13H16N4OS/c1-3-12(18)16-9-5-4-6-10(7-9)17-13(15)11(8-14)19-2/h3-8H,1,14H2,2H3,(H2,15,17)(H,16,18)/b11-8+. The van der Waals surface area contributed by atoms with Crippen molar-refractivity contribution >= 4 is 34.9 Å². The van der Waals surface area contributed by atoms with E-state index in [-0.39, 0.29) is 5.91 Å². The molecular weight excluding hydrogens is 260 g/mol. The van der Waals surface area contributed by atoms with E-state index >= 15 is 0 Å².